The van der Waals surface area contributed by atoms with Crippen LogP contribution in [0.5, 0.6) is 0 Å². The van der Waals surface area contributed by atoms with Crippen molar-refractivity contribution in [2.75, 3.05) is 25.5 Å². The first-order valence-corrected chi connectivity index (χ1v) is 11.9. The molecule has 0 bridgehead atoms. The average Bonchev–Trinajstić information content (AvgIpc) is 3.09. The number of esters is 1. The molecule has 0 unspecified atom stereocenters. The van der Waals surface area contributed by atoms with Gasteiger partial charge in [0.2, 0.25) is 10.0 Å². The summed E-state index contributed by atoms with van der Waals surface area (Å²) in [4.78, 5) is 35.2. The average molecular weight is 476 g/mol. The van der Waals surface area contributed by atoms with E-state index in [4.69, 9.17) is 0 Å². The lowest BCUT2D eigenvalue weighted by molar-refractivity contribution is -0.384. The Labute approximate surface area is 191 Å². The summed E-state index contributed by atoms with van der Waals surface area (Å²) in [5.41, 5.74) is 0.0226. The number of amides is 1. The summed E-state index contributed by atoms with van der Waals surface area (Å²) in [6.07, 6.45) is 3.56. The number of non-ortho nitro benzene ring substituents is 1. The van der Waals surface area contributed by atoms with Gasteiger partial charge in [-0.25, -0.2) is 13.2 Å². The van der Waals surface area contributed by atoms with E-state index in [0.29, 0.717) is 18.7 Å². The fourth-order valence-electron chi connectivity index (χ4n) is 3.66. The molecule has 1 heterocycles. The summed E-state index contributed by atoms with van der Waals surface area (Å²) in [5, 5.41) is 13.8. The molecule has 0 saturated carbocycles. The molecule has 11 heteroatoms. The first-order valence-electron chi connectivity index (χ1n) is 10.4. The summed E-state index contributed by atoms with van der Waals surface area (Å²) in [5.74, 6) is -1.56. The van der Waals surface area contributed by atoms with Crippen molar-refractivity contribution >= 4 is 33.3 Å². The highest BCUT2D eigenvalue weighted by Crippen LogP contribution is 2.26. The smallest absolute Gasteiger partial charge is 0.338 e. The van der Waals surface area contributed by atoms with E-state index in [1.807, 2.05) is 0 Å². The van der Waals surface area contributed by atoms with E-state index in [-0.39, 0.29) is 21.7 Å². The maximum Gasteiger partial charge on any atom is 0.338 e. The molecule has 0 atom stereocenters. The number of benzene rings is 2. The Morgan fingerprint density at radius 1 is 1.03 bits per heavy atom. The van der Waals surface area contributed by atoms with E-state index in [1.54, 1.807) is 19.1 Å². The van der Waals surface area contributed by atoms with Crippen LogP contribution in [0.3, 0.4) is 0 Å². The summed E-state index contributed by atoms with van der Waals surface area (Å²) in [6, 6.07) is 7.75. The number of hydrogen-bond donors (Lipinski definition) is 1. The molecule has 1 saturated heterocycles. The van der Waals surface area contributed by atoms with E-state index in [1.165, 1.54) is 16.4 Å². The lowest BCUT2D eigenvalue weighted by atomic mass is 10.1. The summed E-state index contributed by atoms with van der Waals surface area (Å²) >= 11 is 0. The molecule has 176 valence electrons. The lowest BCUT2D eigenvalue weighted by Crippen LogP contribution is -2.32. The lowest BCUT2D eigenvalue weighted by Gasteiger charge is -2.21. The van der Waals surface area contributed by atoms with E-state index in [0.717, 1.165) is 44.9 Å². The van der Waals surface area contributed by atoms with Crippen LogP contribution in [0.2, 0.25) is 0 Å². The summed E-state index contributed by atoms with van der Waals surface area (Å²) in [7, 11) is -2.62. The molecular weight excluding hydrogens is 450 g/mol. The van der Waals surface area contributed by atoms with Crippen molar-refractivity contribution in [3.05, 3.63) is 63.2 Å². The highest BCUT2D eigenvalue weighted by atomic mass is 32.2. The second kappa shape index (κ2) is 10.1. The molecule has 1 fully saturated rings. The Kier molecular flexibility index (Phi) is 7.44. The molecule has 0 aromatic heterocycles. The van der Waals surface area contributed by atoms with Gasteiger partial charge in [0.1, 0.15) is 0 Å². The number of aryl methyl sites for hydroxylation is 1. The van der Waals surface area contributed by atoms with E-state index < -0.39 is 32.5 Å². The third-order valence-corrected chi connectivity index (χ3v) is 7.48. The zero-order chi connectivity index (χ0) is 24.2. The Balaban J connectivity index is 1.92. The van der Waals surface area contributed by atoms with Gasteiger partial charge >= 0.3 is 5.97 Å². The van der Waals surface area contributed by atoms with Gasteiger partial charge in [0.05, 0.1) is 22.5 Å². The van der Waals surface area contributed by atoms with Crippen molar-refractivity contribution in [1.29, 1.82) is 0 Å². The van der Waals surface area contributed by atoms with Crippen LogP contribution in [0.25, 0.3) is 0 Å². The van der Waals surface area contributed by atoms with Gasteiger partial charge in [0.15, 0.2) is 0 Å². The number of nitro benzene ring substituents is 1. The summed E-state index contributed by atoms with van der Waals surface area (Å²) in [6.45, 7) is 2.57. The van der Waals surface area contributed by atoms with Gasteiger partial charge in [-0.3, -0.25) is 14.9 Å². The number of anilines is 1. The number of sulfonamides is 1. The number of rotatable bonds is 6. The molecule has 0 radical (unpaired) electrons. The van der Waals surface area contributed by atoms with Crippen LogP contribution in [-0.2, 0) is 14.8 Å². The molecular formula is C22H25N3O7S. The fourth-order valence-corrected chi connectivity index (χ4v) is 5.43. The van der Waals surface area contributed by atoms with Gasteiger partial charge in [-0.2, -0.15) is 4.31 Å². The van der Waals surface area contributed by atoms with Gasteiger partial charge in [-0.1, -0.05) is 18.9 Å². The molecule has 3 rings (SSSR count). The first kappa shape index (κ1) is 24.3. The van der Waals surface area contributed by atoms with E-state index in [2.05, 4.69) is 10.1 Å². The molecule has 2 aromatic carbocycles. The molecule has 1 aliphatic heterocycles. The van der Waals surface area contributed by atoms with E-state index in [9.17, 15) is 28.1 Å². The second-order valence-electron chi connectivity index (χ2n) is 7.77. The van der Waals surface area contributed by atoms with Crippen molar-refractivity contribution in [1.82, 2.24) is 4.31 Å². The van der Waals surface area contributed by atoms with Gasteiger partial charge in [0, 0.05) is 36.5 Å². The number of carbonyl (C=O) groups excluding carboxylic acids is 2. The van der Waals surface area contributed by atoms with Crippen LogP contribution < -0.4 is 5.32 Å². The van der Waals surface area contributed by atoms with Crippen molar-refractivity contribution in [2.45, 2.75) is 37.5 Å². The van der Waals surface area contributed by atoms with Crippen LogP contribution in [-0.4, -0.2) is 49.7 Å². The van der Waals surface area contributed by atoms with Crippen molar-refractivity contribution in [3.63, 3.8) is 0 Å². The summed E-state index contributed by atoms with van der Waals surface area (Å²) < 4.78 is 32.5. The third kappa shape index (κ3) is 5.55. The minimum Gasteiger partial charge on any atom is -0.465 e. The number of hydrogen-bond acceptors (Lipinski definition) is 7. The second-order valence-corrected chi connectivity index (χ2v) is 9.68. The Bertz CT molecular complexity index is 1190. The molecule has 0 spiro atoms. The largest absolute Gasteiger partial charge is 0.465 e. The molecule has 1 N–H and O–H groups in total. The van der Waals surface area contributed by atoms with Crippen molar-refractivity contribution < 1.29 is 27.7 Å². The van der Waals surface area contributed by atoms with Gasteiger partial charge in [-0.15, -0.1) is 0 Å². The van der Waals surface area contributed by atoms with Crippen molar-refractivity contribution in [2.24, 2.45) is 0 Å². The topological polar surface area (TPSA) is 136 Å². The molecule has 0 aliphatic carbocycles. The zero-order valence-electron chi connectivity index (χ0n) is 18.4. The number of nitrogens with one attached hydrogen (secondary N) is 1. The van der Waals surface area contributed by atoms with E-state index >= 15 is 0 Å². The van der Waals surface area contributed by atoms with Gasteiger partial charge in [0.25, 0.3) is 11.6 Å². The molecule has 1 aliphatic rings. The highest BCUT2D eigenvalue weighted by Gasteiger charge is 2.27. The number of nitro groups is 1. The van der Waals surface area contributed by atoms with Crippen LogP contribution >= 0.6 is 0 Å². The predicted molar refractivity (Wildman–Crippen MR) is 121 cm³/mol. The minimum atomic E-state index is -3.75. The number of nitrogens with zero attached hydrogens (tertiary/aromatic N) is 2. The third-order valence-electron chi connectivity index (χ3n) is 5.44. The Morgan fingerprint density at radius 2 is 1.67 bits per heavy atom. The van der Waals surface area contributed by atoms with Gasteiger partial charge in [-0.05, 0) is 43.5 Å². The highest BCUT2D eigenvalue weighted by molar-refractivity contribution is 7.89. The maximum absolute atomic E-state index is 13.2. The quantitative estimate of drug-likeness (QED) is 0.383. The van der Waals surface area contributed by atoms with Crippen LogP contribution in [0.4, 0.5) is 11.4 Å². The SMILES string of the molecule is COC(=O)c1cc(C(=O)Nc2ccc(C)c(S(=O)(=O)N3CCCCCC3)c2)cc([N+](=O)[O-])c1. The molecule has 2 aromatic rings. The Hall–Kier alpha value is -3.31. The predicted octanol–water partition coefficient (Wildman–Crippen LogP) is 3.51. The monoisotopic (exact) mass is 475 g/mol. The van der Waals surface area contributed by atoms with Crippen molar-refractivity contribution in [3.8, 4) is 0 Å². The van der Waals surface area contributed by atoms with Crippen LogP contribution in [0, 0.1) is 17.0 Å². The molecule has 33 heavy (non-hydrogen) atoms. The number of ether oxygens (including phenoxy) is 1. The maximum atomic E-state index is 13.2. The molecule has 1 amide bonds. The van der Waals surface area contributed by atoms with Gasteiger partial charge < -0.3 is 10.1 Å². The zero-order valence-corrected chi connectivity index (χ0v) is 19.2. The normalized spacial score (nSPS) is 14.8. The fraction of sp³-hybridized carbons (Fsp3) is 0.364. The standard InChI is InChI=1S/C22H25N3O7S/c1-15-7-8-18(14-20(15)33(30,31)24-9-5-3-4-6-10-24)23-21(26)16-11-17(22(27)32-2)13-19(12-16)25(28)29/h7-8,11-14H,3-6,9-10H2,1-2H3,(H,23,26). The van der Waals surface area contributed by atoms with Crippen LogP contribution in [0.1, 0.15) is 52.0 Å². The van der Waals surface area contributed by atoms with Crippen LogP contribution in [0.15, 0.2) is 41.3 Å². The number of carbonyl (C=O) groups is 2. The minimum absolute atomic E-state index is 0.0940. The Morgan fingerprint density at radius 3 is 2.27 bits per heavy atom. The number of methoxy groups -OCH3 is 1. The molecule has 10 nitrogen and oxygen atoms in total. The first-order chi connectivity index (χ1) is 15.6.